The third-order valence-electron chi connectivity index (χ3n) is 2.24. The number of thiophene rings is 1. The summed E-state index contributed by atoms with van der Waals surface area (Å²) in [6.45, 7) is 4.28. The largest absolute Gasteiger partial charge is 0.138 e. The van der Waals surface area contributed by atoms with Crippen molar-refractivity contribution in [1.82, 2.24) is 0 Å². The minimum atomic E-state index is 0.950. The smallest absolute Gasteiger partial charge is 0.0623 e. The monoisotopic (exact) mass is 210 g/mol. The number of halogens is 1. The highest BCUT2D eigenvalue weighted by Gasteiger charge is 2.09. The van der Waals surface area contributed by atoms with Crippen LogP contribution in [-0.4, -0.2) is 0 Å². The molecule has 0 saturated heterocycles. The molecule has 1 aromatic heterocycles. The van der Waals surface area contributed by atoms with E-state index in [2.05, 4.69) is 32.0 Å². The summed E-state index contributed by atoms with van der Waals surface area (Å²) in [7, 11) is 0. The van der Waals surface area contributed by atoms with E-state index >= 15 is 0 Å². The summed E-state index contributed by atoms with van der Waals surface area (Å²) < 4.78 is 1.34. The Morgan fingerprint density at radius 1 is 1.38 bits per heavy atom. The highest BCUT2D eigenvalue weighted by atomic mass is 35.5. The van der Waals surface area contributed by atoms with Gasteiger partial charge in [-0.3, -0.25) is 0 Å². The second kappa shape index (κ2) is 3.32. The molecule has 0 nitrogen and oxygen atoms in total. The standard InChI is InChI=1S/C11H11ClS/c1-3-9-10(12)8-6-4-5-7(2)11(8)13-9/h4-6H,3H2,1-2H3. The van der Waals surface area contributed by atoms with Crippen LogP contribution in [0.5, 0.6) is 0 Å². The zero-order valence-corrected chi connectivity index (χ0v) is 9.30. The van der Waals surface area contributed by atoms with Crippen LogP contribution in [0.2, 0.25) is 5.02 Å². The van der Waals surface area contributed by atoms with Gasteiger partial charge in [0.05, 0.1) is 5.02 Å². The Morgan fingerprint density at radius 2 is 2.15 bits per heavy atom. The Hall–Kier alpha value is -0.530. The Morgan fingerprint density at radius 3 is 2.77 bits per heavy atom. The summed E-state index contributed by atoms with van der Waals surface area (Å²) in [4.78, 5) is 1.30. The maximum atomic E-state index is 6.24. The van der Waals surface area contributed by atoms with E-state index in [0.717, 1.165) is 11.4 Å². The molecule has 0 amide bonds. The number of benzene rings is 1. The summed E-state index contributed by atoms with van der Waals surface area (Å²) in [5, 5.41) is 2.16. The molecule has 1 heterocycles. The zero-order valence-electron chi connectivity index (χ0n) is 7.73. The highest BCUT2D eigenvalue weighted by molar-refractivity contribution is 7.20. The highest BCUT2D eigenvalue weighted by Crippen LogP contribution is 2.37. The molecule has 0 spiro atoms. The molecule has 2 aromatic rings. The lowest BCUT2D eigenvalue weighted by Crippen LogP contribution is -1.71. The van der Waals surface area contributed by atoms with Crippen molar-refractivity contribution in [3.05, 3.63) is 33.7 Å². The van der Waals surface area contributed by atoms with Crippen molar-refractivity contribution in [2.75, 3.05) is 0 Å². The van der Waals surface area contributed by atoms with E-state index in [4.69, 9.17) is 11.6 Å². The number of aryl methyl sites for hydroxylation is 2. The van der Waals surface area contributed by atoms with E-state index < -0.39 is 0 Å². The molecular weight excluding hydrogens is 200 g/mol. The van der Waals surface area contributed by atoms with Gasteiger partial charge in [0.1, 0.15) is 0 Å². The molecule has 0 aliphatic carbocycles. The third-order valence-corrected chi connectivity index (χ3v) is 4.27. The van der Waals surface area contributed by atoms with Gasteiger partial charge in [-0.15, -0.1) is 11.3 Å². The fourth-order valence-electron chi connectivity index (χ4n) is 1.51. The van der Waals surface area contributed by atoms with Gasteiger partial charge in [0.2, 0.25) is 0 Å². The molecule has 0 saturated carbocycles. The molecule has 68 valence electrons. The van der Waals surface area contributed by atoms with Crippen LogP contribution in [0.25, 0.3) is 10.1 Å². The average Bonchev–Trinajstić information content (AvgIpc) is 2.45. The first-order chi connectivity index (χ1) is 6.24. The summed E-state index contributed by atoms with van der Waals surface area (Å²) in [5.74, 6) is 0. The van der Waals surface area contributed by atoms with Crippen LogP contribution in [0.1, 0.15) is 17.4 Å². The van der Waals surface area contributed by atoms with E-state index in [0.29, 0.717) is 0 Å². The fourth-order valence-corrected chi connectivity index (χ4v) is 3.07. The van der Waals surface area contributed by atoms with Gasteiger partial charge in [-0.05, 0) is 18.9 Å². The van der Waals surface area contributed by atoms with Crippen molar-refractivity contribution >= 4 is 33.0 Å². The lowest BCUT2D eigenvalue weighted by molar-refractivity contribution is 1.19. The number of fused-ring (bicyclic) bond motifs is 1. The number of hydrogen-bond acceptors (Lipinski definition) is 1. The molecule has 0 radical (unpaired) electrons. The Balaban J connectivity index is 2.83. The summed E-state index contributed by atoms with van der Waals surface area (Å²) >= 11 is 8.06. The lowest BCUT2D eigenvalue weighted by Gasteiger charge is -1.93. The molecular formula is C11H11ClS. The summed E-state index contributed by atoms with van der Waals surface area (Å²) in [6.07, 6.45) is 1.03. The molecule has 0 aliphatic rings. The minimum Gasteiger partial charge on any atom is -0.138 e. The Kier molecular flexibility index (Phi) is 2.31. The van der Waals surface area contributed by atoms with Crippen molar-refractivity contribution in [2.45, 2.75) is 20.3 Å². The molecule has 2 heteroatoms. The second-order valence-electron chi connectivity index (χ2n) is 3.14. The van der Waals surface area contributed by atoms with Crippen LogP contribution in [0, 0.1) is 6.92 Å². The van der Waals surface area contributed by atoms with Gasteiger partial charge in [-0.2, -0.15) is 0 Å². The van der Waals surface area contributed by atoms with Gasteiger partial charge in [-0.1, -0.05) is 36.7 Å². The normalized spacial score (nSPS) is 11.0. The van der Waals surface area contributed by atoms with Crippen molar-refractivity contribution < 1.29 is 0 Å². The predicted molar refractivity (Wildman–Crippen MR) is 61.0 cm³/mol. The van der Waals surface area contributed by atoms with Crippen LogP contribution in [0.15, 0.2) is 18.2 Å². The second-order valence-corrected chi connectivity index (χ2v) is 4.63. The molecule has 0 atom stereocenters. The Bertz CT molecular complexity index is 443. The first-order valence-electron chi connectivity index (χ1n) is 4.40. The minimum absolute atomic E-state index is 0.950. The first kappa shape index (κ1) is 9.04. The van der Waals surface area contributed by atoms with Crippen molar-refractivity contribution in [2.24, 2.45) is 0 Å². The van der Waals surface area contributed by atoms with Crippen LogP contribution >= 0.6 is 22.9 Å². The summed E-state index contributed by atoms with van der Waals surface area (Å²) in [6, 6.07) is 6.30. The van der Waals surface area contributed by atoms with Crippen molar-refractivity contribution in [3.8, 4) is 0 Å². The molecule has 0 bridgehead atoms. The van der Waals surface area contributed by atoms with Crippen molar-refractivity contribution in [1.29, 1.82) is 0 Å². The maximum absolute atomic E-state index is 6.24. The number of hydrogen-bond donors (Lipinski definition) is 0. The lowest BCUT2D eigenvalue weighted by atomic mass is 10.2. The van der Waals surface area contributed by atoms with E-state index in [-0.39, 0.29) is 0 Å². The van der Waals surface area contributed by atoms with Gasteiger partial charge >= 0.3 is 0 Å². The number of rotatable bonds is 1. The van der Waals surface area contributed by atoms with Crippen LogP contribution in [0.3, 0.4) is 0 Å². The molecule has 13 heavy (non-hydrogen) atoms. The van der Waals surface area contributed by atoms with E-state index in [1.54, 1.807) is 0 Å². The third kappa shape index (κ3) is 1.36. The van der Waals surface area contributed by atoms with Crippen molar-refractivity contribution in [3.63, 3.8) is 0 Å². The zero-order chi connectivity index (χ0) is 9.42. The molecule has 0 N–H and O–H groups in total. The van der Waals surface area contributed by atoms with Gasteiger partial charge in [0, 0.05) is 15.0 Å². The topological polar surface area (TPSA) is 0 Å². The van der Waals surface area contributed by atoms with Gasteiger partial charge in [0.15, 0.2) is 0 Å². The van der Waals surface area contributed by atoms with E-state index in [1.165, 1.54) is 20.5 Å². The van der Waals surface area contributed by atoms with Crippen LogP contribution in [-0.2, 0) is 6.42 Å². The molecule has 1 aromatic carbocycles. The molecule has 2 rings (SSSR count). The van der Waals surface area contributed by atoms with E-state index in [1.807, 2.05) is 11.3 Å². The molecule has 0 aliphatic heterocycles. The van der Waals surface area contributed by atoms with Crippen LogP contribution in [0.4, 0.5) is 0 Å². The van der Waals surface area contributed by atoms with Crippen LogP contribution < -0.4 is 0 Å². The SMILES string of the molecule is CCc1sc2c(C)cccc2c1Cl. The maximum Gasteiger partial charge on any atom is 0.0623 e. The fraction of sp³-hybridized carbons (Fsp3) is 0.273. The predicted octanol–water partition coefficient (Wildman–Crippen LogP) is 4.43. The summed E-state index contributed by atoms with van der Waals surface area (Å²) in [5.41, 5.74) is 1.32. The molecule has 0 fully saturated rings. The Labute approximate surface area is 87.2 Å². The molecule has 0 unspecified atom stereocenters. The average molecular weight is 211 g/mol. The van der Waals surface area contributed by atoms with Gasteiger partial charge in [0.25, 0.3) is 0 Å². The van der Waals surface area contributed by atoms with Gasteiger partial charge in [-0.25, -0.2) is 0 Å². The first-order valence-corrected chi connectivity index (χ1v) is 5.60. The quantitative estimate of drug-likeness (QED) is 0.654. The van der Waals surface area contributed by atoms with E-state index in [9.17, 15) is 0 Å². The van der Waals surface area contributed by atoms with Gasteiger partial charge < -0.3 is 0 Å².